The lowest BCUT2D eigenvalue weighted by Gasteiger charge is -2.12. The lowest BCUT2D eigenvalue weighted by atomic mass is 10.2. The Morgan fingerprint density at radius 2 is 1.86 bits per heavy atom. The third-order valence-electron chi connectivity index (χ3n) is 2.17. The van der Waals surface area contributed by atoms with Crippen molar-refractivity contribution in [1.82, 2.24) is 4.90 Å². The minimum absolute atomic E-state index is 0.221. The summed E-state index contributed by atoms with van der Waals surface area (Å²) in [6, 6.07) is 0. The van der Waals surface area contributed by atoms with Gasteiger partial charge in [0.05, 0.1) is 0 Å². The molecule has 1 heterocycles. The molecule has 1 aliphatic heterocycles. The summed E-state index contributed by atoms with van der Waals surface area (Å²) in [6.07, 6.45) is 8.92. The Morgan fingerprint density at radius 1 is 1.14 bits per heavy atom. The highest BCUT2D eigenvalue weighted by Gasteiger charge is 2.22. The van der Waals surface area contributed by atoms with E-state index < -0.39 is 0 Å². The van der Waals surface area contributed by atoms with Gasteiger partial charge in [0, 0.05) is 18.7 Å². The number of nitrogens with zero attached hydrogens (tertiary/aromatic N) is 1. The SMILES string of the molecule is O=C1C=CC(=O)N1CCC1=C=CC=C1. The molecule has 0 fully saturated rings. The van der Waals surface area contributed by atoms with Crippen molar-refractivity contribution >= 4 is 11.8 Å². The Balaban J connectivity index is 1.93. The Labute approximate surface area is 81.7 Å². The van der Waals surface area contributed by atoms with Crippen molar-refractivity contribution in [1.29, 1.82) is 0 Å². The summed E-state index contributed by atoms with van der Waals surface area (Å²) in [5.74, 6) is -0.442. The molecule has 0 N–H and O–H groups in total. The fourth-order valence-electron chi connectivity index (χ4n) is 1.41. The molecule has 0 saturated carbocycles. The molecule has 0 bridgehead atoms. The zero-order valence-electron chi connectivity index (χ0n) is 7.56. The fourth-order valence-corrected chi connectivity index (χ4v) is 1.41. The van der Waals surface area contributed by atoms with Crippen LogP contribution >= 0.6 is 0 Å². The van der Waals surface area contributed by atoms with Crippen LogP contribution in [0.4, 0.5) is 0 Å². The molecule has 3 nitrogen and oxygen atoms in total. The van der Waals surface area contributed by atoms with Gasteiger partial charge in [-0.1, -0.05) is 12.2 Å². The molecule has 70 valence electrons. The van der Waals surface area contributed by atoms with Gasteiger partial charge in [-0.2, -0.15) is 0 Å². The van der Waals surface area contributed by atoms with E-state index in [-0.39, 0.29) is 11.8 Å². The van der Waals surface area contributed by atoms with Gasteiger partial charge in [0.25, 0.3) is 11.8 Å². The van der Waals surface area contributed by atoms with Crippen LogP contribution in [0.1, 0.15) is 6.42 Å². The van der Waals surface area contributed by atoms with Crippen molar-refractivity contribution in [2.45, 2.75) is 6.42 Å². The van der Waals surface area contributed by atoms with E-state index in [0.29, 0.717) is 13.0 Å². The monoisotopic (exact) mass is 187 g/mol. The predicted molar refractivity (Wildman–Crippen MR) is 51.2 cm³/mol. The number of carbonyl (C=O) groups is 2. The number of carbonyl (C=O) groups excluding carboxylic acids is 2. The third kappa shape index (κ3) is 1.58. The van der Waals surface area contributed by atoms with Gasteiger partial charge < -0.3 is 0 Å². The molecule has 2 amide bonds. The molecular weight excluding hydrogens is 178 g/mol. The standard InChI is InChI=1S/C11H9NO2/c13-10-5-6-11(14)12(10)8-7-9-3-1-2-4-9/h1-3,5-6H,7-8H2. The van der Waals surface area contributed by atoms with Crippen LogP contribution in [0, 0.1) is 0 Å². The first-order valence-electron chi connectivity index (χ1n) is 4.43. The van der Waals surface area contributed by atoms with Crippen molar-refractivity contribution in [2.24, 2.45) is 0 Å². The average Bonchev–Trinajstić information content (AvgIpc) is 2.76. The first kappa shape index (κ1) is 8.73. The van der Waals surface area contributed by atoms with Crippen molar-refractivity contribution < 1.29 is 9.59 Å². The van der Waals surface area contributed by atoms with Gasteiger partial charge in [-0.25, -0.2) is 0 Å². The molecule has 0 unspecified atom stereocenters. The van der Waals surface area contributed by atoms with E-state index in [2.05, 4.69) is 5.73 Å². The first-order chi connectivity index (χ1) is 6.77. The number of rotatable bonds is 3. The predicted octanol–water partition coefficient (Wildman–Crippen LogP) is 0.953. The zero-order valence-corrected chi connectivity index (χ0v) is 7.56. The average molecular weight is 187 g/mol. The first-order valence-corrected chi connectivity index (χ1v) is 4.43. The van der Waals surface area contributed by atoms with Crippen molar-refractivity contribution in [2.75, 3.05) is 6.54 Å². The lowest BCUT2D eigenvalue weighted by molar-refractivity contribution is -0.136. The minimum Gasteiger partial charge on any atom is -0.275 e. The van der Waals surface area contributed by atoms with Crippen LogP contribution in [-0.2, 0) is 9.59 Å². The van der Waals surface area contributed by atoms with Crippen LogP contribution in [0.3, 0.4) is 0 Å². The van der Waals surface area contributed by atoms with Crippen LogP contribution < -0.4 is 0 Å². The highest BCUT2D eigenvalue weighted by Crippen LogP contribution is 2.11. The molecule has 0 spiro atoms. The molecule has 2 aliphatic rings. The number of amides is 2. The maximum absolute atomic E-state index is 11.2. The van der Waals surface area contributed by atoms with E-state index in [4.69, 9.17) is 0 Å². The maximum Gasteiger partial charge on any atom is 0.253 e. The second kappa shape index (κ2) is 3.48. The minimum atomic E-state index is -0.221. The normalized spacial score (nSPS) is 18.6. The van der Waals surface area contributed by atoms with Gasteiger partial charge in [-0.15, -0.1) is 5.73 Å². The molecule has 0 atom stereocenters. The fraction of sp³-hybridized carbons (Fsp3) is 0.182. The van der Waals surface area contributed by atoms with Gasteiger partial charge in [0.2, 0.25) is 0 Å². The van der Waals surface area contributed by atoms with Crippen LogP contribution in [0.5, 0.6) is 0 Å². The second-order valence-corrected chi connectivity index (χ2v) is 3.11. The van der Waals surface area contributed by atoms with Crippen molar-refractivity contribution in [3.8, 4) is 0 Å². The highest BCUT2D eigenvalue weighted by molar-refractivity contribution is 6.12. The molecule has 0 aromatic heterocycles. The molecule has 3 heteroatoms. The summed E-state index contributed by atoms with van der Waals surface area (Å²) in [5.41, 5.74) is 4.05. The van der Waals surface area contributed by atoms with E-state index in [9.17, 15) is 9.59 Å². The molecule has 1 aliphatic carbocycles. The largest absolute Gasteiger partial charge is 0.275 e. The molecule has 2 rings (SSSR count). The van der Waals surface area contributed by atoms with Gasteiger partial charge in [0.15, 0.2) is 0 Å². The van der Waals surface area contributed by atoms with Crippen LogP contribution in [0.2, 0.25) is 0 Å². The molecule has 14 heavy (non-hydrogen) atoms. The van der Waals surface area contributed by atoms with Gasteiger partial charge in [-0.05, 0) is 18.1 Å². The third-order valence-corrected chi connectivity index (χ3v) is 2.17. The quantitative estimate of drug-likeness (QED) is 0.487. The number of hydrogen-bond acceptors (Lipinski definition) is 2. The smallest absolute Gasteiger partial charge is 0.253 e. The summed E-state index contributed by atoms with van der Waals surface area (Å²) in [6.45, 7) is 0.436. The molecule has 0 saturated heterocycles. The van der Waals surface area contributed by atoms with Crippen LogP contribution in [0.25, 0.3) is 0 Å². The Kier molecular flexibility index (Phi) is 2.17. The number of hydrogen-bond donors (Lipinski definition) is 0. The summed E-state index contributed by atoms with van der Waals surface area (Å²) in [4.78, 5) is 23.5. The van der Waals surface area contributed by atoms with Gasteiger partial charge in [0.1, 0.15) is 0 Å². The molecule has 0 aromatic rings. The van der Waals surface area contributed by atoms with Crippen LogP contribution in [0.15, 0.2) is 41.7 Å². The van der Waals surface area contributed by atoms with E-state index in [1.165, 1.54) is 17.1 Å². The second-order valence-electron chi connectivity index (χ2n) is 3.11. The van der Waals surface area contributed by atoms with Crippen molar-refractivity contribution in [3.05, 3.63) is 41.7 Å². The summed E-state index contributed by atoms with van der Waals surface area (Å²) < 4.78 is 0. The van der Waals surface area contributed by atoms with E-state index in [0.717, 1.165) is 5.57 Å². The highest BCUT2D eigenvalue weighted by atomic mass is 16.2. The maximum atomic E-state index is 11.2. The van der Waals surface area contributed by atoms with Crippen LogP contribution in [-0.4, -0.2) is 23.3 Å². The van der Waals surface area contributed by atoms with Gasteiger partial charge >= 0.3 is 0 Å². The lowest BCUT2D eigenvalue weighted by Crippen LogP contribution is -2.30. The van der Waals surface area contributed by atoms with Crippen molar-refractivity contribution in [3.63, 3.8) is 0 Å². The Morgan fingerprint density at radius 3 is 2.43 bits per heavy atom. The molecule has 0 radical (unpaired) electrons. The molecular formula is C11H9NO2. The van der Waals surface area contributed by atoms with E-state index in [1.54, 1.807) is 0 Å². The summed E-state index contributed by atoms with van der Waals surface area (Å²) in [5, 5.41) is 0. The van der Waals surface area contributed by atoms with Gasteiger partial charge in [-0.3, -0.25) is 14.5 Å². The van der Waals surface area contributed by atoms with E-state index in [1.807, 2.05) is 18.2 Å². The number of imide groups is 1. The number of allylic oxidation sites excluding steroid dienone is 2. The topological polar surface area (TPSA) is 37.4 Å². The molecule has 0 aromatic carbocycles. The Bertz CT molecular complexity index is 391. The Hall–Kier alpha value is -1.86. The van der Waals surface area contributed by atoms with E-state index >= 15 is 0 Å². The zero-order chi connectivity index (χ0) is 9.97. The summed E-state index contributed by atoms with van der Waals surface area (Å²) >= 11 is 0. The summed E-state index contributed by atoms with van der Waals surface area (Å²) in [7, 11) is 0.